The topological polar surface area (TPSA) is 151 Å². The van der Waals surface area contributed by atoms with Gasteiger partial charge in [0.05, 0.1) is 18.0 Å². The van der Waals surface area contributed by atoms with Gasteiger partial charge in [-0.2, -0.15) is 0 Å². The molecule has 0 aliphatic carbocycles. The van der Waals surface area contributed by atoms with Crippen molar-refractivity contribution in [2.45, 2.75) is 24.5 Å². The smallest absolute Gasteiger partial charge is 0.332 e. The first-order chi connectivity index (χ1) is 16.8. The highest BCUT2D eigenvalue weighted by Gasteiger charge is 2.44. The molecule has 1 aliphatic heterocycles. The van der Waals surface area contributed by atoms with Crippen molar-refractivity contribution < 1.29 is 28.8 Å². The van der Waals surface area contributed by atoms with Gasteiger partial charge in [0.1, 0.15) is 29.9 Å². The molecule has 5 rings (SSSR count). The molecule has 180 valence electrons. The Morgan fingerprint density at radius 3 is 1.94 bits per heavy atom. The third kappa shape index (κ3) is 3.91. The van der Waals surface area contributed by atoms with Crippen LogP contribution in [0.2, 0.25) is 0 Å². The first-order valence-electron chi connectivity index (χ1n) is 10.5. The molecule has 4 aromatic rings. The highest BCUT2D eigenvalue weighted by Crippen LogP contribution is 2.33. The molecule has 0 saturated carbocycles. The van der Waals surface area contributed by atoms with Gasteiger partial charge < -0.3 is 20.1 Å². The van der Waals surface area contributed by atoms with Crippen molar-refractivity contribution in [3.8, 4) is 22.5 Å². The van der Waals surface area contributed by atoms with Crippen LogP contribution >= 0.6 is 0 Å². The zero-order chi connectivity index (χ0) is 24.9. The van der Waals surface area contributed by atoms with Gasteiger partial charge in [0.15, 0.2) is 17.4 Å². The van der Waals surface area contributed by atoms with Crippen LogP contribution in [-0.4, -0.2) is 59.8 Å². The maximum atomic E-state index is 13.6. The zero-order valence-corrected chi connectivity index (χ0v) is 17.8. The number of aliphatic hydroxyl groups is 3. The Morgan fingerprint density at radius 1 is 0.886 bits per heavy atom. The molecule has 2 aromatic carbocycles. The van der Waals surface area contributed by atoms with Crippen LogP contribution in [0.15, 0.2) is 58.1 Å². The zero-order valence-electron chi connectivity index (χ0n) is 17.8. The van der Waals surface area contributed by atoms with Gasteiger partial charge in [-0.1, -0.05) is 0 Å². The molecule has 0 spiro atoms. The Labute approximate surface area is 194 Å². The van der Waals surface area contributed by atoms with E-state index >= 15 is 0 Å². The molecule has 2 aromatic heterocycles. The number of fused-ring (bicyclic) bond motifs is 1. The molecule has 35 heavy (non-hydrogen) atoms. The average molecular weight is 484 g/mol. The SMILES string of the molecule is O=c1[nH]c(=O)n([C@@H]2O[C@H](CO)[C@@H](O)[C@H]2O)c2nc(-c3ccc(F)cc3)c(-c3ccc(F)cc3)nc12. The third-order valence-corrected chi connectivity index (χ3v) is 5.77. The second kappa shape index (κ2) is 8.74. The van der Waals surface area contributed by atoms with Gasteiger partial charge in [0, 0.05) is 11.1 Å². The molecular weight excluding hydrogens is 466 g/mol. The van der Waals surface area contributed by atoms with E-state index in [1.807, 2.05) is 0 Å². The first-order valence-corrected chi connectivity index (χ1v) is 10.5. The lowest BCUT2D eigenvalue weighted by atomic mass is 10.0. The van der Waals surface area contributed by atoms with E-state index in [2.05, 4.69) is 15.0 Å². The minimum atomic E-state index is -1.63. The van der Waals surface area contributed by atoms with E-state index in [0.29, 0.717) is 11.1 Å². The van der Waals surface area contributed by atoms with Crippen molar-refractivity contribution in [2.24, 2.45) is 0 Å². The van der Waals surface area contributed by atoms with Crippen LogP contribution < -0.4 is 11.2 Å². The molecule has 10 nitrogen and oxygen atoms in total. The summed E-state index contributed by atoms with van der Waals surface area (Å²) in [6, 6.07) is 10.4. The van der Waals surface area contributed by atoms with Gasteiger partial charge in [-0.3, -0.25) is 9.78 Å². The summed E-state index contributed by atoms with van der Waals surface area (Å²) >= 11 is 0. The van der Waals surface area contributed by atoms with Gasteiger partial charge in [-0.25, -0.2) is 28.1 Å². The van der Waals surface area contributed by atoms with E-state index in [1.165, 1.54) is 48.5 Å². The largest absolute Gasteiger partial charge is 0.394 e. The summed E-state index contributed by atoms with van der Waals surface area (Å²) in [5, 5.41) is 30.1. The number of halogens is 2. The van der Waals surface area contributed by atoms with Gasteiger partial charge >= 0.3 is 5.69 Å². The Bertz CT molecular complexity index is 1520. The minimum Gasteiger partial charge on any atom is -0.394 e. The molecule has 0 unspecified atom stereocenters. The summed E-state index contributed by atoms with van der Waals surface area (Å²) in [6.07, 6.45) is -5.83. The second-order valence-corrected chi connectivity index (χ2v) is 7.96. The van der Waals surface area contributed by atoms with Gasteiger partial charge in [-0.15, -0.1) is 0 Å². The molecule has 12 heteroatoms. The summed E-state index contributed by atoms with van der Waals surface area (Å²) in [5.41, 5.74) is -1.40. The lowest BCUT2D eigenvalue weighted by molar-refractivity contribution is -0.0530. The minimum absolute atomic E-state index is 0.134. The van der Waals surface area contributed by atoms with E-state index in [0.717, 1.165) is 4.57 Å². The first kappa shape index (κ1) is 22.9. The van der Waals surface area contributed by atoms with E-state index in [-0.39, 0.29) is 22.6 Å². The summed E-state index contributed by atoms with van der Waals surface area (Å²) in [5.74, 6) is -1.01. The van der Waals surface area contributed by atoms with Crippen LogP contribution in [0.25, 0.3) is 33.7 Å². The van der Waals surface area contributed by atoms with Crippen LogP contribution in [0.5, 0.6) is 0 Å². The Morgan fingerprint density at radius 2 is 1.43 bits per heavy atom. The number of rotatable bonds is 4. The van der Waals surface area contributed by atoms with E-state index in [1.54, 1.807) is 0 Å². The van der Waals surface area contributed by atoms with Gasteiger partial charge in [0.25, 0.3) is 5.56 Å². The molecule has 0 radical (unpaired) electrons. The number of hydrogen-bond donors (Lipinski definition) is 4. The van der Waals surface area contributed by atoms with E-state index in [9.17, 15) is 33.7 Å². The highest BCUT2D eigenvalue weighted by atomic mass is 19.1. The molecule has 1 saturated heterocycles. The molecule has 0 amide bonds. The highest BCUT2D eigenvalue weighted by molar-refractivity contribution is 5.84. The van der Waals surface area contributed by atoms with E-state index < -0.39 is 54.0 Å². The lowest BCUT2D eigenvalue weighted by Gasteiger charge is -2.19. The van der Waals surface area contributed by atoms with Crippen LogP contribution in [0, 0.1) is 11.6 Å². The Hall–Kier alpha value is -3.84. The van der Waals surface area contributed by atoms with Crippen LogP contribution in [0.1, 0.15) is 6.23 Å². The maximum absolute atomic E-state index is 13.6. The van der Waals surface area contributed by atoms with Crippen LogP contribution in [-0.2, 0) is 4.74 Å². The van der Waals surface area contributed by atoms with Crippen molar-refractivity contribution in [3.63, 3.8) is 0 Å². The number of H-pyrrole nitrogens is 1. The van der Waals surface area contributed by atoms with Crippen LogP contribution in [0.3, 0.4) is 0 Å². The third-order valence-electron chi connectivity index (χ3n) is 5.77. The fourth-order valence-electron chi connectivity index (χ4n) is 4.01. The maximum Gasteiger partial charge on any atom is 0.332 e. The molecule has 4 atom stereocenters. The Kier molecular flexibility index (Phi) is 5.73. The normalized spacial score (nSPS) is 22.1. The Balaban J connectivity index is 1.82. The number of benzene rings is 2. The molecular formula is C23H18F2N4O6. The second-order valence-electron chi connectivity index (χ2n) is 7.96. The predicted octanol–water partition coefficient (Wildman–Crippen LogP) is 0.704. The van der Waals surface area contributed by atoms with E-state index in [4.69, 9.17) is 4.74 Å². The molecule has 3 heterocycles. The monoisotopic (exact) mass is 484 g/mol. The van der Waals surface area contributed by atoms with Gasteiger partial charge in [0.2, 0.25) is 0 Å². The fraction of sp³-hybridized carbons (Fsp3) is 0.217. The summed E-state index contributed by atoms with van der Waals surface area (Å²) in [6.45, 7) is -0.633. The summed E-state index contributed by atoms with van der Waals surface area (Å²) < 4.78 is 33.4. The van der Waals surface area contributed by atoms with Crippen molar-refractivity contribution >= 4 is 11.2 Å². The number of hydrogen-bond acceptors (Lipinski definition) is 8. The van der Waals surface area contributed by atoms with Crippen molar-refractivity contribution in [1.29, 1.82) is 0 Å². The molecule has 1 fully saturated rings. The number of aliphatic hydroxyl groups excluding tert-OH is 3. The quantitative estimate of drug-likeness (QED) is 0.331. The average Bonchev–Trinajstić information content (AvgIpc) is 3.13. The number of ether oxygens (including phenoxy) is 1. The standard InChI is InChI=1S/C23H18F2N4O6/c24-12-5-1-10(2-6-12)15-16(11-3-7-13(25)8-4-11)27-20-17(26-15)21(33)28-23(34)29(20)22-19(32)18(31)14(9-30)35-22/h1-8,14,18-19,22,30-32H,9H2,(H,28,33,34)/t14-,18-,19-,22-/m1/s1. The molecule has 4 N–H and O–H groups in total. The molecule has 0 bridgehead atoms. The van der Waals surface area contributed by atoms with Crippen molar-refractivity contribution in [2.75, 3.05) is 6.61 Å². The fourth-order valence-corrected chi connectivity index (χ4v) is 4.01. The number of aromatic amines is 1. The molecule has 1 aliphatic rings. The number of nitrogens with one attached hydrogen (secondary N) is 1. The number of nitrogens with zero attached hydrogens (tertiary/aromatic N) is 3. The van der Waals surface area contributed by atoms with Gasteiger partial charge in [-0.05, 0) is 48.5 Å². The van der Waals surface area contributed by atoms with Crippen molar-refractivity contribution in [3.05, 3.63) is 81.0 Å². The van der Waals surface area contributed by atoms with Crippen LogP contribution in [0.4, 0.5) is 8.78 Å². The summed E-state index contributed by atoms with van der Waals surface area (Å²) in [4.78, 5) is 36.4. The van der Waals surface area contributed by atoms with Crippen molar-refractivity contribution in [1.82, 2.24) is 19.5 Å². The lowest BCUT2D eigenvalue weighted by Crippen LogP contribution is -2.39. The predicted molar refractivity (Wildman–Crippen MR) is 118 cm³/mol. The summed E-state index contributed by atoms with van der Waals surface area (Å²) in [7, 11) is 0. The number of aromatic nitrogens is 4.